The number of carbonyl (C=O) groups is 2. The van der Waals surface area contributed by atoms with Gasteiger partial charge in [0.25, 0.3) is 0 Å². The first-order chi connectivity index (χ1) is 10.2. The smallest absolute Gasteiger partial charge is 0.315 e. The maximum absolute atomic E-state index is 11.9. The van der Waals surface area contributed by atoms with Crippen LogP contribution in [0, 0.1) is 0 Å². The molecular weight excluding hydrogens is 268 g/mol. The molecule has 2 rings (SSSR count). The zero-order chi connectivity index (χ0) is 15.1. The summed E-state index contributed by atoms with van der Waals surface area (Å²) in [4.78, 5) is 22.2. The highest BCUT2D eigenvalue weighted by Gasteiger charge is 2.29. The van der Waals surface area contributed by atoms with E-state index in [0.29, 0.717) is 18.9 Å². The van der Waals surface area contributed by atoms with Gasteiger partial charge in [0.05, 0.1) is 0 Å². The zero-order valence-corrected chi connectivity index (χ0v) is 12.0. The molecular formula is C16H22N2O3. The van der Waals surface area contributed by atoms with Crippen molar-refractivity contribution in [2.75, 3.05) is 6.54 Å². The molecule has 5 nitrogen and oxygen atoms in total. The lowest BCUT2D eigenvalue weighted by Crippen LogP contribution is -2.43. The number of carboxylic acid groups (broad SMARTS) is 1. The van der Waals surface area contributed by atoms with Gasteiger partial charge in [-0.05, 0) is 24.8 Å². The van der Waals surface area contributed by atoms with Gasteiger partial charge in [0.1, 0.15) is 0 Å². The van der Waals surface area contributed by atoms with Crippen molar-refractivity contribution in [3.8, 4) is 0 Å². The van der Waals surface area contributed by atoms with Gasteiger partial charge in [0.2, 0.25) is 0 Å². The molecule has 0 unspecified atom stereocenters. The maximum Gasteiger partial charge on any atom is 0.315 e. The number of hydrogen-bond donors (Lipinski definition) is 3. The van der Waals surface area contributed by atoms with Gasteiger partial charge in [-0.15, -0.1) is 0 Å². The van der Waals surface area contributed by atoms with Crippen LogP contribution in [0.2, 0.25) is 0 Å². The van der Waals surface area contributed by atoms with Crippen LogP contribution in [0.5, 0.6) is 0 Å². The predicted molar refractivity (Wildman–Crippen MR) is 80.2 cm³/mol. The normalized spacial score (nSPS) is 21.0. The average molecular weight is 290 g/mol. The van der Waals surface area contributed by atoms with Gasteiger partial charge in [-0.25, -0.2) is 4.79 Å². The number of amides is 2. The molecule has 1 aromatic rings. The molecule has 0 radical (unpaired) electrons. The second kappa shape index (κ2) is 7.67. The van der Waals surface area contributed by atoms with Crippen LogP contribution in [0.25, 0.3) is 0 Å². The van der Waals surface area contributed by atoms with E-state index >= 15 is 0 Å². The molecule has 0 aromatic heterocycles. The summed E-state index contributed by atoms with van der Waals surface area (Å²) in [5.74, 6) is -0.465. The van der Waals surface area contributed by atoms with Crippen LogP contribution in [0.3, 0.4) is 0 Å². The van der Waals surface area contributed by atoms with Gasteiger partial charge in [0, 0.05) is 24.9 Å². The Morgan fingerprint density at radius 3 is 2.67 bits per heavy atom. The summed E-state index contributed by atoms with van der Waals surface area (Å²) in [6.45, 7) is 0.390. The molecule has 0 bridgehead atoms. The van der Waals surface area contributed by atoms with Crippen molar-refractivity contribution in [2.24, 2.45) is 0 Å². The van der Waals surface area contributed by atoms with E-state index in [2.05, 4.69) is 22.8 Å². The molecule has 5 heteroatoms. The van der Waals surface area contributed by atoms with Crippen molar-refractivity contribution >= 4 is 12.0 Å². The monoisotopic (exact) mass is 290 g/mol. The zero-order valence-electron chi connectivity index (χ0n) is 12.0. The number of rotatable bonds is 6. The van der Waals surface area contributed by atoms with E-state index in [1.54, 1.807) is 0 Å². The topological polar surface area (TPSA) is 78.4 Å². The van der Waals surface area contributed by atoms with E-state index in [1.807, 2.05) is 18.2 Å². The fourth-order valence-corrected chi connectivity index (χ4v) is 2.89. The quantitative estimate of drug-likeness (QED) is 0.704. The van der Waals surface area contributed by atoms with Gasteiger partial charge in [-0.1, -0.05) is 36.8 Å². The molecule has 3 N–H and O–H groups in total. The van der Waals surface area contributed by atoms with Gasteiger partial charge in [-0.2, -0.15) is 0 Å². The average Bonchev–Trinajstić information content (AvgIpc) is 2.92. The van der Waals surface area contributed by atoms with Gasteiger partial charge in [0.15, 0.2) is 0 Å². The molecule has 1 saturated carbocycles. The lowest BCUT2D eigenvalue weighted by molar-refractivity contribution is -0.137. The Morgan fingerprint density at radius 1 is 1.19 bits per heavy atom. The van der Waals surface area contributed by atoms with Crippen molar-refractivity contribution in [1.82, 2.24) is 10.6 Å². The minimum atomic E-state index is -0.836. The van der Waals surface area contributed by atoms with E-state index in [-0.39, 0.29) is 18.5 Å². The van der Waals surface area contributed by atoms with Crippen LogP contribution < -0.4 is 10.6 Å². The second-order valence-electron chi connectivity index (χ2n) is 5.45. The van der Waals surface area contributed by atoms with Crippen molar-refractivity contribution < 1.29 is 14.7 Å². The Kier molecular flexibility index (Phi) is 5.60. The second-order valence-corrected chi connectivity index (χ2v) is 5.45. The van der Waals surface area contributed by atoms with Crippen LogP contribution in [-0.4, -0.2) is 29.7 Å². The Bertz CT molecular complexity index is 476. The summed E-state index contributed by atoms with van der Waals surface area (Å²) >= 11 is 0. The number of hydrogen-bond acceptors (Lipinski definition) is 2. The summed E-state index contributed by atoms with van der Waals surface area (Å²) in [6.07, 6.45) is 3.73. The first-order valence-corrected chi connectivity index (χ1v) is 7.48. The molecule has 1 fully saturated rings. The van der Waals surface area contributed by atoms with Crippen LogP contribution in [-0.2, 0) is 4.79 Å². The molecule has 21 heavy (non-hydrogen) atoms. The lowest BCUT2D eigenvalue weighted by atomic mass is 9.94. The highest BCUT2D eigenvalue weighted by Crippen LogP contribution is 2.34. The van der Waals surface area contributed by atoms with Crippen molar-refractivity contribution in [3.63, 3.8) is 0 Å². The third kappa shape index (κ3) is 4.77. The lowest BCUT2D eigenvalue weighted by Gasteiger charge is -2.21. The Labute approximate surface area is 124 Å². The van der Waals surface area contributed by atoms with Crippen molar-refractivity contribution in [1.29, 1.82) is 0 Å². The largest absolute Gasteiger partial charge is 0.481 e. The number of benzene rings is 1. The number of urea groups is 1. The first kappa shape index (κ1) is 15.4. The molecule has 114 valence electrons. The molecule has 0 spiro atoms. The minimum Gasteiger partial charge on any atom is -0.481 e. The number of carbonyl (C=O) groups excluding carboxylic acids is 1. The van der Waals surface area contributed by atoms with E-state index in [9.17, 15) is 9.59 Å². The highest BCUT2D eigenvalue weighted by atomic mass is 16.4. The summed E-state index contributed by atoms with van der Waals surface area (Å²) in [5, 5.41) is 14.3. The van der Waals surface area contributed by atoms with E-state index in [4.69, 9.17) is 5.11 Å². The number of aliphatic carboxylic acids is 1. The predicted octanol–water partition coefficient (Wildman–Crippen LogP) is 2.49. The van der Waals surface area contributed by atoms with Crippen molar-refractivity contribution in [3.05, 3.63) is 35.9 Å². The third-order valence-electron chi connectivity index (χ3n) is 3.91. The number of nitrogens with one attached hydrogen (secondary N) is 2. The van der Waals surface area contributed by atoms with Gasteiger partial charge in [-0.3, -0.25) is 4.79 Å². The molecule has 1 aromatic carbocycles. The summed E-state index contributed by atoms with van der Waals surface area (Å²) in [5.41, 5.74) is 1.27. The van der Waals surface area contributed by atoms with Crippen molar-refractivity contribution in [2.45, 2.75) is 44.1 Å². The summed E-state index contributed by atoms with van der Waals surface area (Å²) in [7, 11) is 0. The summed E-state index contributed by atoms with van der Waals surface area (Å²) in [6, 6.07) is 10.2. The van der Waals surface area contributed by atoms with Gasteiger partial charge >= 0.3 is 12.0 Å². The Balaban J connectivity index is 1.78. The molecule has 0 saturated heterocycles. The van der Waals surface area contributed by atoms with Gasteiger partial charge < -0.3 is 15.7 Å². The highest BCUT2D eigenvalue weighted by molar-refractivity contribution is 5.74. The molecule has 1 aliphatic rings. The summed E-state index contributed by atoms with van der Waals surface area (Å²) < 4.78 is 0. The Hall–Kier alpha value is -2.04. The molecule has 0 heterocycles. The maximum atomic E-state index is 11.9. The molecule has 2 amide bonds. The van der Waals surface area contributed by atoms with E-state index in [0.717, 1.165) is 19.3 Å². The van der Waals surface area contributed by atoms with Crippen LogP contribution >= 0.6 is 0 Å². The molecule has 2 atom stereocenters. The number of carboxylic acids is 1. The van der Waals surface area contributed by atoms with Crippen LogP contribution in [0.4, 0.5) is 4.79 Å². The first-order valence-electron chi connectivity index (χ1n) is 7.48. The SMILES string of the molecule is O=C(O)CCCNC(=O)N[C@@H]1CCC[C@H]1c1ccccc1. The third-order valence-corrected chi connectivity index (χ3v) is 3.91. The molecule has 0 aliphatic heterocycles. The van der Waals surface area contributed by atoms with E-state index in [1.165, 1.54) is 5.56 Å². The molecule has 1 aliphatic carbocycles. The van der Waals surface area contributed by atoms with Crippen LogP contribution in [0.1, 0.15) is 43.6 Å². The fourth-order valence-electron chi connectivity index (χ4n) is 2.89. The van der Waals surface area contributed by atoms with Crippen LogP contribution in [0.15, 0.2) is 30.3 Å². The minimum absolute atomic E-state index is 0.0797. The fraction of sp³-hybridized carbons (Fsp3) is 0.500. The van der Waals surface area contributed by atoms with E-state index < -0.39 is 5.97 Å². The Morgan fingerprint density at radius 2 is 1.95 bits per heavy atom. The standard InChI is InChI=1S/C16H22N2O3/c19-15(20)10-5-11-17-16(21)18-14-9-4-8-13(14)12-6-2-1-3-7-12/h1-3,6-7,13-14H,4-5,8-11H2,(H,19,20)(H2,17,18,21)/t13-,14+/m0/s1.